The molecule has 2 heterocycles. The van der Waals surface area contributed by atoms with E-state index in [0.29, 0.717) is 38.3 Å². The van der Waals surface area contributed by atoms with E-state index in [1.165, 1.54) is 11.1 Å². The van der Waals surface area contributed by atoms with E-state index in [0.717, 1.165) is 5.56 Å². The molecule has 0 spiro atoms. The van der Waals surface area contributed by atoms with Crippen molar-refractivity contribution < 1.29 is 9.59 Å². The highest BCUT2D eigenvalue weighted by molar-refractivity contribution is 7.08. The summed E-state index contributed by atoms with van der Waals surface area (Å²) in [6.07, 6.45) is 1.91. The second-order valence-corrected chi connectivity index (χ2v) is 8.69. The summed E-state index contributed by atoms with van der Waals surface area (Å²) in [5.74, 6) is 0.519. The Labute approximate surface area is 165 Å². The zero-order valence-electron chi connectivity index (χ0n) is 16.3. The largest absolute Gasteiger partial charge is 0.359 e. The van der Waals surface area contributed by atoms with E-state index in [9.17, 15) is 9.59 Å². The molecule has 0 saturated carbocycles. The van der Waals surface area contributed by atoms with Gasteiger partial charge in [-0.3, -0.25) is 9.59 Å². The Balaban J connectivity index is 1.76. The number of carbonyl (C=O) groups excluding carboxylic acids is 2. The van der Waals surface area contributed by atoms with Gasteiger partial charge >= 0.3 is 0 Å². The van der Waals surface area contributed by atoms with Gasteiger partial charge in [-0.1, -0.05) is 38.1 Å². The lowest BCUT2D eigenvalue weighted by Crippen LogP contribution is -2.44. The van der Waals surface area contributed by atoms with Crippen molar-refractivity contribution in [2.45, 2.75) is 33.1 Å². The highest BCUT2D eigenvalue weighted by atomic mass is 32.1. The topological polar surface area (TPSA) is 49.4 Å². The monoisotopic (exact) mass is 384 g/mol. The SMILES string of the molecule is CNC(=O)C1(Cc2ccc(-c3ccsc3)cc2)CCN(C(=O)CC(C)C)C1. The average Bonchev–Trinajstić information content (AvgIpc) is 3.32. The van der Waals surface area contributed by atoms with Gasteiger partial charge in [-0.05, 0) is 52.3 Å². The van der Waals surface area contributed by atoms with Crippen molar-refractivity contribution in [3.63, 3.8) is 0 Å². The van der Waals surface area contributed by atoms with Crippen LogP contribution >= 0.6 is 11.3 Å². The normalized spacial score (nSPS) is 19.5. The first kappa shape index (κ1) is 19.6. The Bertz CT molecular complexity index is 783. The smallest absolute Gasteiger partial charge is 0.228 e. The lowest BCUT2D eigenvalue weighted by atomic mass is 9.79. The molecule has 1 N–H and O–H groups in total. The summed E-state index contributed by atoms with van der Waals surface area (Å²) in [6, 6.07) is 10.6. The third-order valence-electron chi connectivity index (χ3n) is 5.35. The van der Waals surface area contributed by atoms with E-state index < -0.39 is 5.41 Å². The zero-order chi connectivity index (χ0) is 19.4. The summed E-state index contributed by atoms with van der Waals surface area (Å²) in [4.78, 5) is 27.1. The molecule has 27 heavy (non-hydrogen) atoms. The number of amides is 2. The van der Waals surface area contributed by atoms with Gasteiger partial charge in [0, 0.05) is 26.6 Å². The minimum atomic E-state index is -0.536. The molecule has 3 rings (SSSR count). The molecule has 1 fully saturated rings. The molecule has 1 unspecified atom stereocenters. The van der Waals surface area contributed by atoms with Crippen molar-refractivity contribution in [3.8, 4) is 11.1 Å². The van der Waals surface area contributed by atoms with E-state index in [2.05, 4.69) is 60.3 Å². The predicted octanol–water partition coefficient (Wildman–Crippen LogP) is 3.97. The van der Waals surface area contributed by atoms with Gasteiger partial charge < -0.3 is 10.2 Å². The molecule has 1 atom stereocenters. The summed E-state index contributed by atoms with van der Waals surface area (Å²) in [6.45, 7) is 5.26. The fraction of sp³-hybridized carbons (Fsp3) is 0.455. The van der Waals surface area contributed by atoms with Crippen molar-refractivity contribution in [3.05, 3.63) is 46.7 Å². The second kappa shape index (κ2) is 8.26. The fourth-order valence-electron chi connectivity index (χ4n) is 3.87. The maximum Gasteiger partial charge on any atom is 0.228 e. The van der Waals surface area contributed by atoms with Gasteiger partial charge in [0.1, 0.15) is 0 Å². The molecular formula is C22H28N2O2S. The summed E-state index contributed by atoms with van der Waals surface area (Å²) in [5, 5.41) is 7.04. The maximum absolute atomic E-state index is 12.7. The van der Waals surface area contributed by atoms with E-state index >= 15 is 0 Å². The van der Waals surface area contributed by atoms with Crippen molar-refractivity contribution in [2.75, 3.05) is 20.1 Å². The Morgan fingerprint density at radius 3 is 2.52 bits per heavy atom. The van der Waals surface area contributed by atoms with Crippen molar-refractivity contribution in [1.82, 2.24) is 10.2 Å². The van der Waals surface area contributed by atoms with Crippen LogP contribution in [0.25, 0.3) is 11.1 Å². The number of hydrogen-bond donors (Lipinski definition) is 1. The summed E-state index contributed by atoms with van der Waals surface area (Å²) < 4.78 is 0. The standard InChI is InChI=1S/C22H28N2O2S/c1-16(2)12-20(25)24-10-9-22(15-24,21(26)23-3)13-17-4-6-18(7-5-17)19-8-11-27-14-19/h4-8,11,14,16H,9-10,12-13,15H2,1-3H3,(H,23,26). The average molecular weight is 385 g/mol. The molecule has 1 aliphatic rings. The number of hydrogen-bond acceptors (Lipinski definition) is 3. The van der Waals surface area contributed by atoms with Gasteiger partial charge in [-0.25, -0.2) is 0 Å². The molecule has 1 aromatic carbocycles. The van der Waals surface area contributed by atoms with Crippen LogP contribution in [-0.2, 0) is 16.0 Å². The van der Waals surface area contributed by atoms with Crippen LogP contribution in [0.2, 0.25) is 0 Å². The van der Waals surface area contributed by atoms with Crippen LogP contribution in [0.3, 0.4) is 0 Å². The van der Waals surface area contributed by atoms with Crippen LogP contribution in [0.15, 0.2) is 41.1 Å². The lowest BCUT2D eigenvalue weighted by molar-refractivity contribution is -0.133. The summed E-state index contributed by atoms with van der Waals surface area (Å²) >= 11 is 1.69. The summed E-state index contributed by atoms with van der Waals surface area (Å²) in [5.41, 5.74) is 3.01. The third-order valence-corrected chi connectivity index (χ3v) is 6.03. The lowest BCUT2D eigenvalue weighted by Gasteiger charge is -2.28. The van der Waals surface area contributed by atoms with Gasteiger partial charge in [0.25, 0.3) is 0 Å². The zero-order valence-corrected chi connectivity index (χ0v) is 17.1. The molecule has 0 bridgehead atoms. The second-order valence-electron chi connectivity index (χ2n) is 7.91. The van der Waals surface area contributed by atoms with Crippen LogP contribution in [0.5, 0.6) is 0 Å². The van der Waals surface area contributed by atoms with Gasteiger partial charge in [-0.2, -0.15) is 11.3 Å². The number of benzene rings is 1. The quantitative estimate of drug-likeness (QED) is 0.819. The van der Waals surface area contributed by atoms with E-state index in [1.807, 2.05) is 4.90 Å². The Hall–Kier alpha value is -2.14. The van der Waals surface area contributed by atoms with Crippen LogP contribution in [0, 0.1) is 11.3 Å². The maximum atomic E-state index is 12.7. The number of nitrogens with one attached hydrogen (secondary N) is 1. The molecule has 1 aromatic heterocycles. The third kappa shape index (κ3) is 4.41. The molecule has 144 valence electrons. The molecule has 2 aromatic rings. The minimum Gasteiger partial charge on any atom is -0.359 e. The Morgan fingerprint density at radius 2 is 1.93 bits per heavy atom. The molecule has 1 aliphatic heterocycles. The van der Waals surface area contributed by atoms with Crippen LogP contribution in [0.4, 0.5) is 0 Å². The molecule has 0 radical (unpaired) electrons. The Kier molecular flexibility index (Phi) is 6.00. The van der Waals surface area contributed by atoms with E-state index in [1.54, 1.807) is 18.4 Å². The van der Waals surface area contributed by atoms with Crippen LogP contribution in [-0.4, -0.2) is 36.9 Å². The molecule has 1 saturated heterocycles. The first-order valence-electron chi connectivity index (χ1n) is 9.55. The Morgan fingerprint density at radius 1 is 1.19 bits per heavy atom. The first-order chi connectivity index (χ1) is 12.9. The highest BCUT2D eigenvalue weighted by Gasteiger charge is 2.45. The van der Waals surface area contributed by atoms with Crippen molar-refractivity contribution in [1.29, 1.82) is 0 Å². The van der Waals surface area contributed by atoms with E-state index in [-0.39, 0.29) is 11.8 Å². The van der Waals surface area contributed by atoms with Gasteiger partial charge in [0.2, 0.25) is 11.8 Å². The number of carbonyl (C=O) groups is 2. The van der Waals surface area contributed by atoms with E-state index in [4.69, 9.17) is 0 Å². The molecule has 0 aliphatic carbocycles. The minimum absolute atomic E-state index is 0.0317. The van der Waals surface area contributed by atoms with Crippen LogP contribution in [0.1, 0.15) is 32.3 Å². The van der Waals surface area contributed by atoms with Crippen LogP contribution < -0.4 is 5.32 Å². The van der Waals surface area contributed by atoms with Gasteiger partial charge in [0.15, 0.2) is 0 Å². The predicted molar refractivity (Wildman–Crippen MR) is 111 cm³/mol. The van der Waals surface area contributed by atoms with Gasteiger partial charge in [0.05, 0.1) is 5.41 Å². The van der Waals surface area contributed by atoms with Crippen molar-refractivity contribution in [2.24, 2.45) is 11.3 Å². The number of thiophene rings is 1. The molecule has 2 amide bonds. The number of nitrogens with zero attached hydrogens (tertiary/aromatic N) is 1. The molecular weight excluding hydrogens is 356 g/mol. The highest BCUT2D eigenvalue weighted by Crippen LogP contribution is 2.36. The molecule has 4 nitrogen and oxygen atoms in total. The first-order valence-corrected chi connectivity index (χ1v) is 10.5. The fourth-order valence-corrected chi connectivity index (χ4v) is 4.54. The number of likely N-dealkylation sites (tertiary alicyclic amines) is 1. The summed E-state index contributed by atoms with van der Waals surface area (Å²) in [7, 11) is 1.68. The van der Waals surface area contributed by atoms with Crippen molar-refractivity contribution >= 4 is 23.2 Å². The number of rotatable bonds is 6. The molecule has 5 heteroatoms. The van der Waals surface area contributed by atoms with Gasteiger partial charge in [-0.15, -0.1) is 0 Å².